The second kappa shape index (κ2) is 6.43. The van der Waals surface area contributed by atoms with Crippen LogP contribution in [0.15, 0.2) is 65.6 Å². The highest BCUT2D eigenvalue weighted by atomic mass is 35.5. The second-order valence-corrected chi connectivity index (χ2v) is 9.45. The minimum atomic E-state index is -4.17. The molecule has 4 atom stereocenters. The van der Waals surface area contributed by atoms with Gasteiger partial charge in [0.25, 0.3) is 0 Å². The molecule has 2 amide bonds. The molecule has 3 aliphatic rings. The first-order valence-electron chi connectivity index (χ1n) is 9.22. The van der Waals surface area contributed by atoms with Crippen LogP contribution in [0.4, 0.5) is 5.69 Å². The van der Waals surface area contributed by atoms with Crippen LogP contribution >= 0.6 is 11.6 Å². The Labute approximate surface area is 172 Å². The number of anilines is 1. The molecule has 29 heavy (non-hydrogen) atoms. The molecule has 2 fully saturated rings. The molecule has 0 N–H and O–H groups in total. The van der Waals surface area contributed by atoms with E-state index in [2.05, 4.69) is 0 Å². The van der Waals surface area contributed by atoms with Crippen molar-refractivity contribution in [2.75, 3.05) is 4.90 Å². The van der Waals surface area contributed by atoms with Crippen molar-refractivity contribution in [2.45, 2.75) is 11.3 Å². The molecule has 0 spiro atoms. The van der Waals surface area contributed by atoms with E-state index in [0.717, 1.165) is 11.3 Å². The quantitative estimate of drug-likeness (QED) is 0.422. The Kier molecular flexibility index (Phi) is 4.08. The van der Waals surface area contributed by atoms with Gasteiger partial charge < -0.3 is 4.18 Å². The van der Waals surface area contributed by atoms with Crippen LogP contribution in [-0.4, -0.2) is 20.2 Å². The number of nitrogens with zero attached hydrogens (tertiary/aromatic N) is 1. The maximum atomic E-state index is 13.1. The van der Waals surface area contributed by atoms with E-state index in [1.807, 2.05) is 12.2 Å². The van der Waals surface area contributed by atoms with Crippen LogP contribution in [0.2, 0.25) is 5.02 Å². The van der Waals surface area contributed by atoms with Crippen molar-refractivity contribution in [3.8, 4) is 5.75 Å². The third kappa shape index (κ3) is 2.80. The van der Waals surface area contributed by atoms with Gasteiger partial charge in [-0.3, -0.25) is 9.59 Å². The summed E-state index contributed by atoms with van der Waals surface area (Å²) in [4.78, 5) is 27.1. The van der Waals surface area contributed by atoms with E-state index >= 15 is 0 Å². The predicted molar refractivity (Wildman–Crippen MR) is 106 cm³/mol. The van der Waals surface area contributed by atoms with Crippen LogP contribution < -0.4 is 9.08 Å². The Morgan fingerprint density at radius 1 is 0.897 bits per heavy atom. The van der Waals surface area contributed by atoms with Crippen LogP contribution in [-0.2, 0) is 19.7 Å². The van der Waals surface area contributed by atoms with Gasteiger partial charge in [0.05, 0.1) is 17.5 Å². The number of imide groups is 1. The number of benzene rings is 2. The summed E-state index contributed by atoms with van der Waals surface area (Å²) >= 11 is 5.82. The van der Waals surface area contributed by atoms with Crippen molar-refractivity contribution in [3.63, 3.8) is 0 Å². The molecule has 2 aromatic carbocycles. The summed E-state index contributed by atoms with van der Waals surface area (Å²) in [5.41, 5.74) is 0.147. The Bertz CT molecular complexity index is 1130. The molecule has 2 bridgehead atoms. The van der Waals surface area contributed by atoms with E-state index in [9.17, 15) is 18.0 Å². The second-order valence-electron chi connectivity index (χ2n) is 7.47. The van der Waals surface area contributed by atoms with E-state index in [1.54, 1.807) is 12.1 Å². The monoisotopic (exact) mass is 429 g/mol. The molecule has 4 unspecified atom stereocenters. The first-order valence-corrected chi connectivity index (χ1v) is 11.0. The molecule has 1 saturated carbocycles. The highest BCUT2D eigenvalue weighted by molar-refractivity contribution is 7.87. The zero-order valence-electron chi connectivity index (χ0n) is 15.1. The minimum absolute atomic E-state index is 0.0653. The molecule has 5 rings (SSSR count). The van der Waals surface area contributed by atoms with E-state index < -0.39 is 10.1 Å². The SMILES string of the molecule is O=C1C2C3C=CC(C3)C2C(=O)N1c1ccccc1OS(=O)(=O)c1ccc(Cl)cc1. The van der Waals surface area contributed by atoms with E-state index in [-0.39, 0.29) is 51.8 Å². The van der Waals surface area contributed by atoms with Gasteiger partial charge in [-0.2, -0.15) is 8.42 Å². The zero-order chi connectivity index (χ0) is 20.3. The molecule has 6 nitrogen and oxygen atoms in total. The number of amides is 2. The number of rotatable bonds is 4. The molecule has 1 saturated heterocycles. The fourth-order valence-corrected chi connectivity index (χ4v) is 5.69. The van der Waals surface area contributed by atoms with Gasteiger partial charge in [-0.05, 0) is 54.7 Å². The number of carbonyl (C=O) groups excluding carboxylic acids is 2. The van der Waals surface area contributed by atoms with Crippen molar-refractivity contribution < 1.29 is 22.2 Å². The topological polar surface area (TPSA) is 80.8 Å². The zero-order valence-corrected chi connectivity index (χ0v) is 16.6. The van der Waals surface area contributed by atoms with E-state index in [4.69, 9.17) is 15.8 Å². The van der Waals surface area contributed by atoms with E-state index in [1.165, 1.54) is 36.4 Å². The van der Waals surface area contributed by atoms with Crippen molar-refractivity contribution in [1.82, 2.24) is 0 Å². The lowest BCUT2D eigenvalue weighted by molar-refractivity contribution is -0.123. The summed E-state index contributed by atoms with van der Waals surface area (Å²) in [5.74, 6) is -1.27. The number of allylic oxidation sites excluding steroid dienone is 2. The first kappa shape index (κ1) is 18.4. The molecule has 1 heterocycles. The summed E-state index contributed by atoms with van der Waals surface area (Å²) < 4.78 is 30.7. The van der Waals surface area contributed by atoms with Gasteiger partial charge in [-0.15, -0.1) is 0 Å². The molecule has 2 aromatic rings. The van der Waals surface area contributed by atoms with Crippen LogP contribution in [0, 0.1) is 23.7 Å². The number of carbonyl (C=O) groups is 2. The number of para-hydroxylation sites is 2. The molecule has 1 aliphatic heterocycles. The average Bonchev–Trinajstić information content (AvgIpc) is 3.37. The lowest BCUT2D eigenvalue weighted by Crippen LogP contribution is -2.33. The van der Waals surface area contributed by atoms with Gasteiger partial charge in [0.1, 0.15) is 4.90 Å². The van der Waals surface area contributed by atoms with Gasteiger partial charge >= 0.3 is 10.1 Å². The lowest BCUT2D eigenvalue weighted by atomic mass is 9.85. The summed E-state index contributed by atoms with van der Waals surface area (Å²) in [6.07, 6.45) is 4.84. The van der Waals surface area contributed by atoms with Gasteiger partial charge in [0.15, 0.2) is 5.75 Å². The van der Waals surface area contributed by atoms with E-state index in [0.29, 0.717) is 5.02 Å². The maximum Gasteiger partial charge on any atom is 0.339 e. The average molecular weight is 430 g/mol. The van der Waals surface area contributed by atoms with Crippen LogP contribution in [0.25, 0.3) is 0 Å². The summed E-state index contributed by atoms with van der Waals surface area (Å²) in [7, 11) is -4.17. The summed E-state index contributed by atoms with van der Waals surface area (Å²) in [5, 5.41) is 0.396. The summed E-state index contributed by atoms with van der Waals surface area (Å²) in [6, 6.07) is 11.7. The lowest BCUT2D eigenvalue weighted by Gasteiger charge is -2.20. The number of fused-ring (bicyclic) bond motifs is 5. The molecule has 0 radical (unpaired) electrons. The Morgan fingerprint density at radius 3 is 2.10 bits per heavy atom. The Hall–Kier alpha value is -2.64. The Balaban J connectivity index is 1.50. The normalized spacial score (nSPS) is 27.6. The molecule has 8 heteroatoms. The van der Waals surface area contributed by atoms with Crippen molar-refractivity contribution >= 4 is 39.2 Å². The molecule has 148 valence electrons. The molecular formula is C21H16ClNO5S. The molecular weight excluding hydrogens is 414 g/mol. The van der Waals surface area contributed by atoms with Gasteiger partial charge in [0.2, 0.25) is 11.8 Å². The van der Waals surface area contributed by atoms with Crippen molar-refractivity contribution in [2.24, 2.45) is 23.7 Å². The maximum absolute atomic E-state index is 13.1. The fraction of sp³-hybridized carbons (Fsp3) is 0.238. The summed E-state index contributed by atoms with van der Waals surface area (Å²) in [6.45, 7) is 0. The number of hydrogen-bond donors (Lipinski definition) is 0. The standard InChI is InChI=1S/C21H16ClNO5S/c22-14-7-9-15(10-8-14)29(26,27)28-17-4-2-1-3-16(17)23-20(24)18-12-5-6-13(11-12)19(18)21(23)25/h1-10,12-13,18-19H,11H2. The minimum Gasteiger partial charge on any atom is -0.377 e. The Morgan fingerprint density at radius 2 is 1.48 bits per heavy atom. The smallest absolute Gasteiger partial charge is 0.339 e. The largest absolute Gasteiger partial charge is 0.377 e. The third-order valence-electron chi connectivity index (χ3n) is 5.88. The van der Waals surface area contributed by atoms with Gasteiger partial charge in [0, 0.05) is 5.02 Å². The fourth-order valence-electron chi connectivity index (χ4n) is 4.62. The van der Waals surface area contributed by atoms with Crippen LogP contribution in [0.1, 0.15) is 6.42 Å². The van der Waals surface area contributed by atoms with Crippen LogP contribution in [0.5, 0.6) is 5.75 Å². The third-order valence-corrected chi connectivity index (χ3v) is 7.38. The molecule has 0 aromatic heterocycles. The highest BCUT2D eigenvalue weighted by Gasteiger charge is 2.60. The number of hydrogen-bond acceptors (Lipinski definition) is 5. The van der Waals surface area contributed by atoms with Gasteiger partial charge in [-0.25, -0.2) is 4.90 Å². The number of halogens is 1. The predicted octanol–water partition coefficient (Wildman–Crippen LogP) is 3.42. The van der Waals surface area contributed by atoms with Gasteiger partial charge in [-0.1, -0.05) is 35.9 Å². The first-order chi connectivity index (χ1) is 13.9. The highest BCUT2D eigenvalue weighted by Crippen LogP contribution is 2.54. The van der Waals surface area contributed by atoms with Crippen molar-refractivity contribution in [1.29, 1.82) is 0 Å². The van der Waals surface area contributed by atoms with Crippen molar-refractivity contribution in [3.05, 3.63) is 65.7 Å². The molecule has 2 aliphatic carbocycles. The van der Waals surface area contributed by atoms with Crippen LogP contribution in [0.3, 0.4) is 0 Å².